The van der Waals surface area contributed by atoms with Gasteiger partial charge in [0, 0.05) is 31.3 Å². The monoisotopic (exact) mass is 327 g/mol. The third-order valence-corrected chi connectivity index (χ3v) is 3.42. The summed E-state index contributed by atoms with van der Waals surface area (Å²) in [5.74, 6) is 0.712. The van der Waals surface area contributed by atoms with Gasteiger partial charge in [0.05, 0.1) is 6.61 Å². The molecule has 0 spiro atoms. The van der Waals surface area contributed by atoms with Crippen LogP contribution >= 0.6 is 11.6 Å². The first-order chi connectivity index (χ1) is 10.3. The first-order valence-electron chi connectivity index (χ1n) is 7.43. The van der Waals surface area contributed by atoms with Crippen molar-refractivity contribution < 1.29 is 14.3 Å². The third-order valence-electron chi connectivity index (χ3n) is 3.24. The predicted octanol–water partition coefficient (Wildman–Crippen LogP) is 3.16. The number of aromatic nitrogens is 2. The van der Waals surface area contributed by atoms with E-state index in [1.807, 2.05) is 20.8 Å². The number of piperidine rings is 1. The van der Waals surface area contributed by atoms with E-state index in [0.29, 0.717) is 19.0 Å². The molecule has 22 heavy (non-hydrogen) atoms. The molecule has 1 atom stereocenters. The largest absolute Gasteiger partial charge is 0.477 e. The van der Waals surface area contributed by atoms with Crippen LogP contribution in [0, 0.1) is 5.92 Å². The van der Waals surface area contributed by atoms with E-state index in [1.165, 1.54) is 0 Å². The summed E-state index contributed by atoms with van der Waals surface area (Å²) in [6, 6.07) is 1.67. The standard InChI is InChI=1S/C15H22ClN3O3/c1-15(2,3)22-14(20)19-8-4-5-11(9-19)10-21-12-6-7-17-13(16)18-12/h6-7,11H,4-5,8-10H2,1-3H3. The first kappa shape index (κ1) is 16.8. The van der Waals surface area contributed by atoms with Crippen LogP contribution in [0.5, 0.6) is 5.88 Å². The Balaban J connectivity index is 1.84. The van der Waals surface area contributed by atoms with E-state index in [9.17, 15) is 4.79 Å². The highest BCUT2D eigenvalue weighted by molar-refractivity contribution is 6.28. The number of likely N-dealkylation sites (tertiary alicyclic amines) is 1. The van der Waals surface area contributed by atoms with E-state index in [4.69, 9.17) is 21.1 Å². The molecule has 6 nitrogen and oxygen atoms in total. The lowest BCUT2D eigenvalue weighted by Gasteiger charge is -2.33. The Morgan fingerprint density at radius 2 is 2.27 bits per heavy atom. The van der Waals surface area contributed by atoms with Crippen LogP contribution in [-0.2, 0) is 4.74 Å². The van der Waals surface area contributed by atoms with Gasteiger partial charge >= 0.3 is 6.09 Å². The summed E-state index contributed by atoms with van der Waals surface area (Å²) in [4.78, 5) is 21.6. The molecule has 7 heteroatoms. The molecule has 2 rings (SSSR count). The predicted molar refractivity (Wildman–Crippen MR) is 83.1 cm³/mol. The highest BCUT2D eigenvalue weighted by Crippen LogP contribution is 2.20. The molecule has 1 fully saturated rings. The van der Waals surface area contributed by atoms with Crippen LogP contribution in [-0.4, -0.2) is 46.3 Å². The number of amides is 1. The molecule has 0 bridgehead atoms. The van der Waals surface area contributed by atoms with Crippen LogP contribution in [0.25, 0.3) is 0 Å². The van der Waals surface area contributed by atoms with Crippen molar-refractivity contribution in [2.75, 3.05) is 19.7 Å². The third kappa shape index (κ3) is 5.33. The summed E-state index contributed by atoms with van der Waals surface area (Å²) < 4.78 is 11.1. The highest BCUT2D eigenvalue weighted by Gasteiger charge is 2.27. The second-order valence-corrected chi connectivity index (χ2v) is 6.75. The van der Waals surface area contributed by atoms with E-state index >= 15 is 0 Å². The van der Waals surface area contributed by atoms with Crippen molar-refractivity contribution in [1.82, 2.24) is 14.9 Å². The van der Waals surface area contributed by atoms with Gasteiger partial charge in [0.15, 0.2) is 0 Å². The van der Waals surface area contributed by atoms with E-state index in [0.717, 1.165) is 19.4 Å². The van der Waals surface area contributed by atoms with Gasteiger partial charge in [-0.1, -0.05) is 0 Å². The Morgan fingerprint density at radius 1 is 1.50 bits per heavy atom. The van der Waals surface area contributed by atoms with Crippen molar-refractivity contribution in [2.24, 2.45) is 5.92 Å². The highest BCUT2D eigenvalue weighted by atomic mass is 35.5. The summed E-state index contributed by atoms with van der Waals surface area (Å²) in [5, 5.41) is 0.163. The number of carbonyl (C=O) groups is 1. The maximum absolute atomic E-state index is 12.1. The lowest BCUT2D eigenvalue weighted by Crippen LogP contribution is -2.44. The van der Waals surface area contributed by atoms with Gasteiger partial charge in [0.2, 0.25) is 11.2 Å². The molecule has 1 aliphatic rings. The minimum atomic E-state index is -0.474. The summed E-state index contributed by atoms with van der Waals surface area (Å²) in [5.41, 5.74) is -0.474. The van der Waals surface area contributed by atoms with Crippen molar-refractivity contribution in [3.8, 4) is 5.88 Å². The zero-order chi connectivity index (χ0) is 16.2. The van der Waals surface area contributed by atoms with Gasteiger partial charge in [0.1, 0.15) is 5.60 Å². The SMILES string of the molecule is CC(C)(C)OC(=O)N1CCCC(COc2ccnc(Cl)n2)C1. The summed E-state index contributed by atoms with van der Waals surface area (Å²) in [7, 11) is 0. The number of hydrogen-bond acceptors (Lipinski definition) is 5. The maximum Gasteiger partial charge on any atom is 0.410 e. The fourth-order valence-corrected chi connectivity index (χ4v) is 2.44. The molecule has 122 valence electrons. The number of rotatable bonds is 3. The summed E-state index contributed by atoms with van der Waals surface area (Å²) in [6.45, 7) is 7.46. The molecular formula is C15H22ClN3O3. The summed E-state index contributed by atoms with van der Waals surface area (Å²) >= 11 is 5.72. The molecule has 1 aromatic heterocycles. The number of hydrogen-bond donors (Lipinski definition) is 0. The van der Waals surface area contributed by atoms with E-state index < -0.39 is 5.60 Å². The van der Waals surface area contributed by atoms with Gasteiger partial charge in [0.25, 0.3) is 0 Å². The topological polar surface area (TPSA) is 64.5 Å². The number of ether oxygens (including phenoxy) is 2. The average molecular weight is 328 g/mol. The van der Waals surface area contributed by atoms with Crippen LogP contribution in [0.4, 0.5) is 4.79 Å². The molecule has 0 N–H and O–H groups in total. The quantitative estimate of drug-likeness (QED) is 0.798. The van der Waals surface area contributed by atoms with Gasteiger partial charge in [-0.2, -0.15) is 4.98 Å². The molecule has 0 aliphatic carbocycles. The average Bonchev–Trinajstić information content (AvgIpc) is 2.44. The van der Waals surface area contributed by atoms with E-state index in [2.05, 4.69) is 9.97 Å². The Labute approximate surface area is 135 Å². The number of nitrogens with zero attached hydrogens (tertiary/aromatic N) is 3. The molecule has 0 saturated carbocycles. The minimum absolute atomic E-state index is 0.163. The molecule has 1 aliphatic heterocycles. The second-order valence-electron chi connectivity index (χ2n) is 6.41. The molecule has 0 aromatic carbocycles. The van der Waals surface area contributed by atoms with E-state index in [-0.39, 0.29) is 17.3 Å². The minimum Gasteiger partial charge on any atom is -0.477 e. The maximum atomic E-state index is 12.1. The Hall–Kier alpha value is -1.56. The van der Waals surface area contributed by atoms with Crippen molar-refractivity contribution in [1.29, 1.82) is 0 Å². The van der Waals surface area contributed by atoms with Crippen LogP contribution in [0.15, 0.2) is 12.3 Å². The summed E-state index contributed by atoms with van der Waals surface area (Å²) in [6.07, 6.45) is 3.25. The normalized spacial score (nSPS) is 18.9. The molecule has 2 heterocycles. The van der Waals surface area contributed by atoms with Crippen molar-refractivity contribution in [3.05, 3.63) is 17.5 Å². The lowest BCUT2D eigenvalue weighted by atomic mass is 9.99. The molecule has 1 aromatic rings. The fraction of sp³-hybridized carbons (Fsp3) is 0.667. The van der Waals surface area contributed by atoms with Crippen LogP contribution in [0.3, 0.4) is 0 Å². The van der Waals surface area contributed by atoms with Crippen LogP contribution in [0.1, 0.15) is 33.6 Å². The fourth-order valence-electron chi connectivity index (χ4n) is 2.30. The van der Waals surface area contributed by atoms with Crippen molar-refractivity contribution in [3.63, 3.8) is 0 Å². The molecule has 1 saturated heterocycles. The number of carbonyl (C=O) groups excluding carboxylic acids is 1. The van der Waals surface area contributed by atoms with Gasteiger partial charge in [-0.05, 0) is 45.2 Å². The Kier molecular flexibility index (Phi) is 5.45. The molecule has 1 unspecified atom stereocenters. The Morgan fingerprint density at radius 3 is 2.95 bits per heavy atom. The second kappa shape index (κ2) is 7.13. The van der Waals surface area contributed by atoms with Gasteiger partial charge < -0.3 is 14.4 Å². The van der Waals surface area contributed by atoms with Crippen molar-refractivity contribution in [2.45, 2.75) is 39.2 Å². The zero-order valence-corrected chi connectivity index (χ0v) is 14.0. The molecule has 0 radical (unpaired) electrons. The Bertz CT molecular complexity index is 519. The van der Waals surface area contributed by atoms with Gasteiger partial charge in [-0.3, -0.25) is 0 Å². The van der Waals surface area contributed by atoms with Gasteiger partial charge in [-0.15, -0.1) is 0 Å². The number of halogens is 1. The van der Waals surface area contributed by atoms with Crippen LogP contribution < -0.4 is 4.74 Å². The lowest BCUT2D eigenvalue weighted by molar-refractivity contribution is 0.0138. The first-order valence-corrected chi connectivity index (χ1v) is 7.80. The van der Waals surface area contributed by atoms with Crippen LogP contribution in [0.2, 0.25) is 5.28 Å². The molecule has 1 amide bonds. The van der Waals surface area contributed by atoms with Gasteiger partial charge in [-0.25, -0.2) is 9.78 Å². The zero-order valence-electron chi connectivity index (χ0n) is 13.2. The van der Waals surface area contributed by atoms with Crippen molar-refractivity contribution >= 4 is 17.7 Å². The van der Waals surface area contributed by atoms with E-state index in [1.54, 1.807) is 17.2 Å². The molecular weight excluding hydrogens is 306 g/mol. The smallest absolute Gasteiger partial charge is 0.410 e.